The van der Waals surface area contributed by atoms with Gasteiger partial charge in [0.25, 0.3) is 0 Å². The number of halogens is 5. The predicted octanol–water partition coefficient (Wildman–Crippen LogP) is 4.71. The molecule has 0 radical (unpaired) electrons. The molecular weight excluding hydrogens is 445 g/mol. The molecule has 1 amide bonds. The van der Waals surface area contributed by atoms with Crippen molar-refractivity contribution in [3.05, 3.63) is 29.7 Å². The average Bonchev–Trinajstić information content (AvgIpc) is 3.48. The molecule has 182 valence electrons. The molecule has 2 aliphatic rings. The lowest BCUT2D eigenvalue weighted by atomic mass is 9.81. The van der Waals surface area contributed by atoms with Crippen LogP contribution in [0.3, 0.4) is 0 Å². The van der Waals surface area contributed by atoms with Gasteiger partial charge in [-0.3, -0.25) is 4.79 Å². The average molecular weight is 473 g/mol. The number of carbonyl (C=O) groups is 1. The van der Waals surface area contributed by atoms with E-state index < -0.39 is 42.4 Å². The van der Waals surface area contributed by atoms with Gasteiger partial charge in [0, 0.05) is 19.3 Å². The molecule has 33 heavy (non-hydrogen) atoms. The first-order valence-corrected chi connectivity index (χ1v) is 11.3. The molecule has 2 aromatic heterocycles. The van der Waals surface area contributed by atoms with Gasteiger partial charge in [0.15, 0.2) is 5.65 Å². The third kappa shape index (κ3) is 5.62. The van der Waals surface area contributed by atoms with Crippen molar-refractivity contribution >= 4 is 11.6 Å². The van der Waals surface area contributed by atoms with Crippen molar-refractivity contribution in [2.75, 3.05) is 0 Å². The number of amides is 1. The Morgan fingerprint density at radius 2 is 1.91 bits per heavy atom. The summed E-state index contributed by atoms with van der Waals surface area (Å²) < 4.78 is 66.9. The minimum Gasteiger partial charge on any atom is -0.349 e. The molecule has 6 nitrogen and oxygen atoms in total. The standard InChI is InChI=1S/C22H28F5N5O/c1-12(22(25,26)27)8-18(33)31-20(14-2-3-14)15-9-17-30-16(11-32(17)29-10-15)19(28)13-4-6-21(23,24)7-5-13/h9-14,19-20H,2-8,28H2,1H3,(H,31,33)/t12?,19-,20?/m0/s1. The molecule has 0 aromatic carbocycles. The van der Waals surface area contributed by atoms with Crippen molar-refractivity contribution in [1.29, 1.82) is 0 Å². The van der Waals surface area contributed by atoms with Crippen molar-refractivity contribution in [3.63, 3.8) is 0 Å². The molecule has 3 N–H and O–H groups in total. The van der Waals surface area contributed by atoms with Gasteiger partial charge in [0.2, 0.25) is 11.8 Å². The van der Waals surface area contributed by atoms with Crippen LogP contribution in [0.15, 0.2) is 18.5 Å². The Bertz CT molecular complexity index is 993. The third-order valence-corrected chi connectivity index (χ3v) is 6.79. The summed E-state index contributed by atoms with van der Waals surface area (Å²) in [5, 5.41) is 7.08. The maximum Gasteiger partial charge on any atom is 0.392 e. The number of nitrogens with zero attached hydrogens (tertiary/aromatic N) is 3. The fraction of sp³-hybridized carbons (Fsp3) is 0.682. The van der Waals surface area contributed by atoms with Gasteiger partial charge in [-0.15, -0.1) is 0 Å². The molecule has 2 unspecified atom stereocenters. The van der Waals surface area contributed by atoms with Crippen molar-refractivity contribution in [3.8, 4) is 0 Å². The van der Waals surface area contributed by atoms with Crippen molar-refractivity contribution in [1.82, 2.24) is 19.9 Å². The SMILES string of the molecule is CC(CC(=O)NC(c1cnn2cc([C@@H](N)C3CCC(F)(F)CC3)nc2c1)C1CC1)C(F)(F)F. The van der Waals surface area contributed by atoms with E-state index in [0.29, 0.717) is 29.7 Å². The molecular formula is C22H28F5N5O. The maximum atomic E-state index is 13.5. The number of hydrogen-bond acceptors (Lipinski definition) is 4. The first-order chi connectivity index (χ1) is 15.4. The number of hydrogen-bond donors (Lipinski definition) is 2. The minimum atomic E-state index is -4.42. The van der Waals surface area contributed by atoms with Crippen LogP contribution in [0, 0.1) is 17.8 Å². The highest BCUT2D eigenvalue weighted by Crippen LogP contribution is 2.42. The van der Waals surface area contributed by atoms with Crippen molar-refractivity contribution in [2.24, 2.45) is 23.5 Å². The molecule has 2 heterocycles. The van der Waals surface area contributed by atoms with Crippen molar-refractivity contribution < 1.29 is 26.7 Å². The van der Waals surface area contributed by atoms with Crippen LogP contribution < -0.4 is 11.1 Å². The Balaban J connectivity index is 1.48. The van der Waals surface area contributed by atoms with Gasteiger partial charge in [-0.1, -0.05) is 6.92 Å². The number of nitrogens with one attached hydrogen (secondary N) is 1. The second-order valence-corrected chi connectivity index (χ2v) is 9.51. The highest BCUT2D eigenvalue weighted by Gasteiger charge is 2.40. The van der Waals surface area contributed by atoms with E-state index in [1.807, 2.05) is 0 Å². The highest BCUT2D eigenvalue weighted by molar-refractivity contribution is 5.77. The number of carbonyl (C=O) groups excluding carboxylic acids is 1. The second-order valence-electron chi connectivity index (χ2n) is 9.51. The molecule has 0 aliphatic heterocycles. The second kappa shape index (κ2) is 8.81. The zero-order valence-electron chi connectivity index (χ0n) is 18.3. The van der Waals surface area contributed by atoms with Crippen molar-refractivity contribution in [2.45, 2.75) is 76.1 Å². The van der Waals surface area contributed by atoms with Crippen LogP contribution in [-0.2, 0) is 4.79 Å². The number of aromatic nitrogens is 3. The van der Waals surface area contributed by atoms with E-state index >= 15 is 0 Å². The van der Waals surface area contributed by atoms with Gasteiger partial charge in [-0.05, 0) is 49.1 Å². The summed E-state index contributed by atoms with van der Waals surface area (Å²) >= 11 is 0. The highest BCUT2D eigenvalue weighted by atomic mass is 19.4. The largest absolute Gasteiger partial charge is 0.392 e. The summed E-state index contributed by atoms with van der Waals surface area (Å²) in [5.74, 6) is -4.97. The van der Waals surface area contributed by atoms with E-state index in [1.54, 1.807) is 18.5 Å². The van der Waals surface area contributed by atoms with Gasteiger partial charge < -0.3 is 11.1 Å². The Labute approximate surface area is 188 Å². The van der Waals surface area contributed by atoms with Crippen LogP contribution in [0.25, 0.3) is 5.65 Å². The molecule has 2 fully saturated rings. The van der Waals surface area contributed by atoms with E-state index in [-0.39, 0.29) is 24.7 Å². The van der Waals surface area contributed by atoms with E-state index in [1.165, 1.54) is 4.52 Å². The normalized spacial score (nSPS) is 22.2. The zero-order chi connectivity index (χ0) is 24.0. The number of fused-ring (bicyclic) bond motifs is 1. The van der Waals surface area contributed by atoms with Crippen LogP contribution in [-0.4, -0.2) is 32.6 Å². The van der Waals surface area contributed by atoms with E-state index in [0.717, 1.165) is 19.8 Å². The minimum absolute atomic E-state index is 0.0943. The topological polar surface area (TPSA) is 85.3 Å². The lowest BCUT2D eigenvalue weighted by Crippen LogP contribution is -2.33. The Morgan fingerprint density at radius 1 is 1.24 bits per heavy atom. The van der Waals surface area contributed by atoms with E-state index in [2.05, 4.69) is 15.4 Å². The summed E-state index contributed by atoms with van der Waals surface area (Å²) in [6.07, 6.45) is 0.197. The maximum absolute atomic E-state index is 13.5. The summed E-state index contributed by atoms with van der Waals surface area (Å²) in [5.41, 5.74) is 8.04. The molecule has 0 spiro atoms. The molecule has 11 heteroatoms. The van der Waals surface area contributed by atoms with Gasteiger partial charge in [0.05, 0.1) is 36.1 Å². The lowest BCUT2D eigenvalue weighted by molar-refractivity contribution is -0.174. The summed E-state index contributed by atoms with van der Waals surface area (Å²) in [7, 11) is 0. The van der Waals surface area contributed by atoms with Crippen LogP contribution in [0.2, 0.25) is 0 Å². The zero-order valence-corrected chi connectivity index (χ0v) is 18.3. The molecule has 4 rings (SSSR count). The number of rotatable bonds is 7. The first kappa shape index (κ1) is 23.8. The summed E-state index contributed by atoms with van der Waals surface area (Å²) in [4.78, 5) is 16.8. The van der Waals surface area contributed by atoms with Crippen LogP contribution >= 0.6 is 0 Å². The quantitative estimate of drug-likeness (QED) is 0.571. The van der Waals surface area contributed by atoms with Crippen LogP contribution in [0.1, 0.15) is 75.2 Å². The molecule has 0 saturated heterocycles. The van der Waals surface area contributed by atoms with Gasteiger partial charge >= 0.3 is 6.18 Å². The molecule has 2 aliphatic carbocycles. The fourth-order valence-electron chi connectivity index (χ4n) is 4.43. The number of imidazole rings is 1. The smallest absolute Gasteiger partial charge is 0.349 e. The first-order valence-electron chi connectivity index (χ1n) is 11.3. The fourth-order valence-corrected chi connectivity index (χ4v) is 4.43. The molecule has 3 atom stereocenters. The Morgan fingerprint density at radius 3 is 2.52 bits per heavy atom. The summed E-state index contributed by atoms with van der Waals surface area (Å²) in [6, 6.07) is 0.813. The van der Waals surface area contributed by atoms with Gasteiger partial charge in [-0.2, -0.15) is 18.3 Å². The van der Waals surface area contributed by atoms with Crippen LogP contribution in [0.4, 0.5) is 22.0 Å². The molecule has 2 aromatic rings. The van der Waals surface area contributed by atoms with E-state index in [9.17, 15) is 26.7 Å². The Hall–Kier alpha value is -2.30. The number of alkyl halides is 5. The van der Waals surface area contributed by atoms with Gasteiger partial charge in [-0.25, -0.2) is 18.3 Å². The summed E-state index contributed by atoms with van der Waals surface area (Å²) in [6.45, 7) is 0.988. The van der Waals surface area contributed by atoms with Gasteiger partial charge in [0.1, 0.15) is 0 Å². The molecule has 2 saturated carbocycles. The monoisotopic (exact) mass is 473 g/mol. The lowest BCUT2D eigenvalue weighted by Gasteiger charge is -2.31. The Kier molecular flexibility index (Phi) is 6.36. The molecule has 0 bridgehead atoms. The third-order valence-electron chi connectivity index (χ3n) is 6.79. The van der Waals surface area contributed by atoms with E-state index in [4.69, 9.17) is 5.73 Å². The van der Waals surface area contributed by atoms with Crippen LogP contribution in [0.5, 0.6) is 0 Å². The number of nitrogens with two attached hydrogens (primary N) is 1. The predicted molar refractivity (Wildman–Crippen MR) is 110 cm³/mol.